The van der Waals surface area contributed by atoms with Crippen molar-refractivity contribution in [2.45, 2.75) is 27.2 Å². The zero-order valence-electron chi connectivity index (χ0n) is 12.4. The van der Waals surface area contributed by atoms with Gasteiger partial charge in [-0.3, -0.25) is 10.7 Å². The summed E-state index contributed by atoms with van der Waals surface area (Å²) in [6, 6.07) is 0. The third-order valence-corrected chi connectivity index (χ3v) is 4.79. The number of rotatable bonds is 6. The summed E-state index contributed by atoms with van der Waals surface area (Å²) in [5, 5.41) is 0. The third kappa shape index (κ3) is 3.69. The Kier molecular flexibility index (Phi) is 6.26. The van der Waals surface area contributed by atoms with Crippen molar-refractivity contribution in [2.24, 2.45) is 5.84 Å². The average Bonchev–Trinajstić information content (AvgIpc) is 2.39. The Morgan fingerprint density at radius 1 is 1.21 bits per heavy atom. The van der Waals surface area contributed by atoms with E-state index in [1.807, 2.05) is 7.05 Å². The summed E-state index contributed by atoms with van der Waals surface area (Å²) < 4.78 is 6.79. The summed E-state index contributed by atoms with van der Waals surface area (Å²) in [5.74, 6) is 6.34. The van der Waals surface area contributed by atoms with Crippen LogP contribution in [0.2, 0.25) is 0 Å². The number of nitrogens with two attached hydrogens (primary N) is 1. The number of hydrogen-bond donors (Lipinski definition) is 2. The van der Waals surface area contributed by atoms with E-state index in [4.69, 9.17) is 10.6 Å². The van der Waals surface area contributed by atoms with Gasteiger partial charge in [0.05, 0.1) is 13.8 Å². The van der Waals surface area contributed by atoms with Gasteiger partial charge in [-0.2, -0.15) is 0 Å². The number of nitrogens with one attached hydrogen (secondary N) is 1. The minimum atomic E-state index is 0.674. The molecule has 1 aromatic rings. The number of likely N-dealkylation sites (N-methyl/N-ethyl adjacent to an activating group) is 1. The fourth-order valence-electron chi connectivity index (χ4n) is 2.26. The zero-order valence-corrected chi connectivity index (χ0v) is 14.0. The van der Waals surface area contributed by atoms with E-state index in [0.29, 0.717) is 6.67 Å². The van der Waals surface area contributed by atoms with E-state index < -0.39 is 0 Å². The van der Waals surface area contributed by atoms with Crippen molar-refractivity contribution in [3.63, 3.8) is 0 Å². The lowest BCUT2D eigenvalue weighted by molar-refractivity contribution is 0.310. The van der Waals surface area contributed by atoms with E-state index in [9.17, 15) is 0 Å². The Bertz CT molecular complexity index is 449. The Labute approximate surface area is 124 Å². The van der Waals surface area contributed by atoms with Crippen molar-refractivity contribution in [1.29, 1.82) is 0 Å². The van der Waals surface area contributed by atoms with Gasteiger partial charge >= 0.3 is 0 Å². The highest BCUT2D eigenvalue weighted by atomic mass is 79.9. The van der Waals surface area contributed by atoms with Gasteiger partial charge in [0, 0.05) is 11.0 Å². The van der Waals surface area contributed by atoms with E-state index >= 15 is 0 Å². The van der Waals surface area contributed by atoms with E-state index in [-0.39, 0.29) is 0 Å². The molecular weight excluding hydrogens is 306 g/mol. The van der Waals surface area contributed by atoms with E-state index in [1.165, 1.54) is 26.7 Å². The minimum Gasteiger partial charge on any atom is -0.496 e. The molecule has 19 heavy (non-hydrogen) atoms. The highest BCUT2D eigenvalue weighted by molar-refractivity contribution is 9.10. The molecule has 0 aliphatic carbocycles. The summed E-state index contributed by atoms with van der Waals surface area (Å²) in [6.45, 7) is 7.95. The molecule has 0 spiro atoms. The maximum Gasteiger partial charge on any atom is 0.125 e. The number of hydrogen-bond acceptors (Lipinski definition) is 4. The van der Waals surface area contributed by atoms with Crippen LogP contribution in [0.4, 0.5) is 0 Å². The first-order valence-corrected chi connectivity index (χ1v) is 7.17. The predicted molar refractivity (Wildman–Crippen MR) is 83.4 cm³/mol. The Morgan fingerprint density at radius 3 is 2.37 bits per heavy atom. The van der Waals surface area contributed by atoms with Crippen LogP contribution in [0.5, 0.6) is 5.75 Å². The lowest BCUT2D eigenvalue weighted by Crippen LogP contribution is -2.36. The summed E-state index contributed by atoms with van der Waals surface area (Å²) in [6.07, 6.45) is 0.937. The van der Waals surface area contributed by atoms with Gasteiger partial charge in [0.1, 0.15) is 5.75 Å². The lowest BCUT2D eigenvalue weighted by atomic mass is 9.97. The first kappa shape index (κ1) is 16.4. The maximum atomic E-state index is 5.61. The van der Waals surface area contributed by atoms with Crippen LogP contribution in [-0.4, -0.2) is 32.3 Å². The first-order valence-electron chi connectivity index (χ1n) is 6.38. The maximum absolute atomic E-state index is 5.61. The number of hydrazine groups is 1. The van der Waals surface area contributed by atoms with Crippen LogP contribution >= 0.6 is 15.9 Å². The summed E-state index contributed by atoms with van der Waals surface area (Å²) in [7, 11) is 3.78. The van der Waals surface area contributed by atoms with Crippen LogP contribution in [0.25, 0.3) is 0 Å². The molecule has 0 radical (unpaired) electrons. The number of ether oxygens (including phenoxy) is 1. The molecule has 1 aromatic carbocycles. The van der Waals surface area contributed by atoms with Crippen molar-refractivity contribution in [2.75, 3.05) is 27.4 Å². The predicted octanol–water partition coefficient (Wildman–Crippen LogP) is 2.28. The second-order valence-corrected chi connectivity index (χ2v) is 5.69. The van der Waals surface area contributed by atoms with Crippen LogP contribution < -0.4 is 16.0 Å². The largest absolute Gasteiger partial charge is 0.496 e. The molecule has 0 atom stereocenters. The molecule has 0 amide bonds. The molecule has 0 heterocycles. The minimum absolute atomic E-state index is 0.674. The molecule has 0 saturated carbocycles. The number of methoxy groups -OCH3 is 1. The lowest BCUT2D eigenvalue weighted by Gasteiger charge is -2.21. The molecule has 0 aliphatic heterocycles. The van der Waals surface area contributed by atoms with E-state index in [2.05, 4.69) is 47.0 Å². The molecule has 0 fully saturated rings. The van der Waals surface area contributed by atoms with Crippen molar-refractivity contribution >= 4 is 15.9 Å². The quantitative estimate of drug-likeness (QED) is 0.477. The summed E-state index contributed by atoms with van der Waals surface area (Å²) in [4.78, 5) is 2.14. The molecule has 0 aliphatic rings. The zero-order chi connectivity index (χ0) is 14.6. The van der Waals surface area contributed by atoms with Crippen molar-refractivity contribution in [3.05, 3.63) is 26.7 Å². The average molecular weight is 330 g/mol. The van der Waals surface area contributed by atoms with Crippen molar-refractivity contribution < 1.29 is 4.74 Å². The molecule has 108 valence electrons. The molecule has 0 unspecified atom stereocenters. The standard InChI is InChI=1S/C14H24BrN3O/c1-9-10(2)14(19-5)12(11(3)13(9)15)6-7-18(4)8-17-16/h17H,6-8,16H2,1-5H3. The van der Waals surface area contributed by atoms with Gasteiger partial charge in [-0.1, -0.05) is 15.9 Å². The van der Waals surface area contributed by atoms with Crippen LogP contribution in [-0.2, 0) is 6.42 Å². The molecule has 0 bridgehead atoms. The van der Waals surface area contributed by atoms with Gasteiger partial charge in [0.15, 0.2) is 0 Å². The van der Waals surface area contributed by atoms with Crippen LogP contribution in [0.3, 0.4) is 0 Å². The van der Waals surface area contributed by atoms with Gasteiger partial charge < -0.3 is 4.74 Å². The highest BCUT2D eigenvalue weighted by Gasteiger charge is 2.16. The third-order valence-electron chi connectivity index (χ3n) is 3.60. The normalized spacial score (nSPS) is 11.2. The SMILES string of the molecule is COc1c(C)c(C)c(Br)c(C)c1CCN(C)CNN. The van der Waals surface area contributed by atoms with Crippen LogP contribution in [0.15, 0.2) is 4.47 Å². The summed E-state index contributed by atoms with van der Waals surface area (Å²) in [5.41, 5.74) is 7.64. The Morgan fingerprint density at radius 2 is 1.84 bits per heavy atom. The summed E-state index contributed by atoms with van der Waals surface area (Å²) >= 11 is 3.68. The molecular formula is C14H24BrN3O. The fourth-order valence-corrected chi connectivity index (χ4v) is 2.80. The van der Waals surface area contributed by atoms with Gasteiger partial charge in [-0.15, -0.1) is 0 Å². The van der Waals surface area contributed by atoms with Crippen molar-refractivity contribution in [3.8, 4) is 5.75 Å². The second-order valence-electron chi connectivity index (χ2n) is 4.89. The number of benzene rings is 1. The van der Waals surface area contributed by atoms with E-state index in [1.54, 1.807) is 7.11 Å². The van der Waals surface area contributed by atoms with E-state index in [0.717, 1.165) is 18.7 Å². The van der Waals surface area contributed by atoms with Gasteiger partial charge in [0.2, 0.25) is 0 Å². The number of halogens is 1. The highest BCUT2D eigenvalue weighted by Crippen LogP contribution is 2.36. The Hall–Kier alpha value is -0.620. The molecule has 3 N–H and O–H groups in total. The number of nitrogens with zero attached hydrogens (tertiary/aromatic N) is 1. The van der Waals surface area contributed by atoms with Crippen LogP contribution in [0.1, 0.15) is 22.3 Å². The molecule has 5 heteroatoms. The van der Waals surface area contributed by atoms with Gasteiger partial charge in [-0.25, -0.2) is 5.43 Å². The van der Waals surface area contributed by atoms with Crippen molar-refractivity contribution in [1.82, 2.24) is 10.3 Å². The van der Waals surface area contributed by atoms with Gasteiger partial charge in [-0.05, 0) is 56.5 Å². The molecule has 0 saturated heterocycles. The first-order chi connectivity index (χ1) is 8.93. The Balaban J connectivity index is 3.05. The second kappa shape index (κ2) is 7.24. The smallest absolute Gasteiger partial charge is 0.125 e. The molecule has 0 aromatic heterocycles. The molecule has 1 rings (SSSR count). The molecule has 4 nitrogen and oxygen atoms in total. The van der Waals surface area contributed by atoms with Crippen LogP contribution in [0, 0.1) is 20.8 Å². The van der Waals surface area contributed by atoms with Gasteiger partial charge in [0.25, 0.3) is 0 Å². The monoisotopic (exact) mass is 329 g/mol. The topological polar surface area (TPSA) is 50.5 Å². The fraction of sp³-hybridized carbons (Fsp3) is 0.571.